The molecule has 0 atom stereocenters. The van der Waals surface area contributed by atoms with Gasteiger partial charge in [-0.05, 0) is 6.42 Å². The van der Waals surface area contributed by atoms with Crippen LogP contribution in [0.2, 0.25) is 6.04 Å². The third kappa shape index (κ3) is 11.6. The predicted octanol–water partition coefficient (Wildman–Crippen LogP) is 1.84. The number of hydrogen-bond acceptors (Lipinski definition) is 2. The van der Waals surface area contributed by atoms with E-state index in [0.29, 0.717) is 6.54 Å². The van der Waals surface area contributed by atoms with Crippen molar-refractivity contribution in [1.82, 2.24) is 0 Å². The average Bonchev–Trinajstić information content (AvgIpc) is 2.16. The number of carbonyl (C=O) groups excluding carboxylic acids is 1. The summed E-state index contributed by atoms with van der Waals surface area (Å²) in [5, 5.41) is 0. The van der Waals surface area contributed by atoms with Gasteiger partial charge in [0.05, 0.1) is 6.54 Å². The summed E-state index contributed by atoms with van der Waals surface area (Å²) in [6.07, 6.45) is 10.7. The normalized spacial score (nSPS) is 9.85. The van der Waals surface area contributed by atoms with Crippen molar-refractivity contribution in [3.63, 3.8) is 0 Å². The van der Waals surface area contributed by atoms with E-state index in [1.807, 2.05) is 0 Å². The molecule has 0 fully saturated rings. The van der Waals surface area contributed by atoms with Crippen molar-refractivity contribution in [2.75, 3.05) is 6.54 Å². The van der Waals surface area contributed by atoms with Gasteiger partial charge in [0.2, 0.25) is 6.08 Å². The maximum atomic E-state index is 9.72. The van der Waals surface area contributed by atoms with Gasteiger partial charge in [0.1, 0.15) is 0 Å². The molecule has 0 amide bonds. The molecule has 0 aliphatic carbocycles. The monoisotopic (exact) mass is 199 g/mol. The van der Waals surface area contributed by atoms with Crippen molar-refractivity contribution in [3.05, 3.63) is 0 Å². The molecule has 0 spiro atoms. The quantitative estimate of drug-likeness (QED) is 0.241. The maximum absolute atomic E-state index is 9.72. The fourth-order valence-corrected chi connectivity index (χ4v) is 1.87. The van der Waals surface area contributed by atoms with Gasteiger partial charge in [-0.25, -0.2) is 9.79 Å². The Morgan fingerprint density at radius 2 is 1.46 bits per heavy atom. The molecule has 0 radical (unpaired) electrons. The number of isocyanates is 1. The van der Waals surface area contributed by atoms with Crippen LogP contribution in [0.4, 0.5) is 0 Å². The summed E-state index contributed by atoms with van der Waals surface area (Å²) in [6.45, 7) is 0.671. The highest BCUT2D eigenvalue weighted by atomic mass is 28.1. The Bertz CT molecular complexity index is 144. The minimum atomic E-state index is 0.671. The first kappa shape index (κ1) is 12.6. The Balaban J connectivity index is 2.87. The van der Waals surface area contributed by atoms with E-state index >= 15 is 0 Å². The van der Waals surface area contributed by atoms with Crippen molar-refractivity contribution >= 4 is 16.3 Å². The zero-order valence-corrected chi connectivity index (χ0v) is 10.7. The lowest BCUT2D eigenvalue weighted by Crippen LogP contribution is -1.83. The van der Waals surface area contributed by atoms with Gasteiger partial charge in [0, 0.05) is 10.2 Å². The Hall–Kier alpha value is -0.403. The highest BCUT2D eigenvalue weighted by Crippen LogP contribution is 2.07. The molecule has 0 saturated heterocycles. The summed E-state index contributed by atoms with van der Waals surface area (Å²) in [6, 6.07) is 1.45. The molecule has 0 aromatic rings. The van der Waals surface area contributed by atoms with Crippen LogP contribution in [-0.2, 0) is 4.79 Å². The second kappa shape index (κ2) is 11.6. The summed E-state index contributed by atoms with van der Waals surface area (Å²) in [5.41, 5.74) is 0. The highest BCUT2D eigenvalue weighted by molar-refractivity contribution is 6.08. The van der Waals surface area contributed by atoms with Crippen LogP contribution in [-0.4, -0.2) is 22.9 Å². The summed E-state index contributed by atoms with van der Waals surface area (Å²) in [5.74, 6) is 0. The van der Waals surface area contributed by atoms with Crippen LogP contribution in [0.3, 0.4) is 0 Å². The second-order valence-electron chi connectivity index (χ2n) is 3.45. The first-order chi connectivity index (χ1) is 6.41. The van der Waals surface area contributed by atoms with Crippen molar-refractivity contribution in [3.8, 4) is 0 Å². The summed E-state index contributed by atoms with van der Waals surface area (Å²) in [7, 11) is 1.36. The summed E-state index contributed by atoms with van der Waals surface area (Å²) in [4.78, 5) is 13.2. The number of rotatable bonds is 9. The molecule has 76 valence electrons. The highest BCUT2D eigenvalue weighted by Gasteiger charge is 1.90. The predicted molar refractivity (Wildman–Crippen MR) is 60.1 cm³/mol. The fourth-order valence-electron chi connectivity index (χ4n) is 1.37. The third-order valence-electron chi connectivity index (χ3n) is 2.19. The van der Waals surface area contributed by atoms with E-state index < -0.39 is 0 Å². The van der Waals surface area contributed by atoms with Gasteiger partial charge in [-0.2, -0.15) is 0 Å². The topological polar surface area (TPSA) is 29.4 Å². The fraction of sp³-hybridized carbons (Fsp3) is 0.900. The molecule has 0 N–H and O–H groups in total. The number of unbranched alkanes of at least 4 members (excludes halogenated alkanes) is 6. The zero-order chi connectivity index (χ0) is 9.78. The van der Waals surface area contributed by atoms with E-state index in [9.17, 15) is 4.79 Å². The molecule has 0 saturated carbocycles. The van der Waals surface area contributed by atoms with Crippen molar-refractivity contribution in [2.24, 2.45) is 4.99 Å². The molecule has 0 aromatic heterocycles. The number of aliphatic imine (C=N–C) groups is 1. The SMILES string of the molecule is O=C=NCCCCCCCCC[SiH3]. The van der Waals surface area contributed by atoms with Crippen LogP contribution in [0.15, 0.2) is 4.99 Å². The molecule has 0 bridgehead atoms. The van der Waals surface area contributed by atoms with E-state index in [-0.39, 0.29) is 0 Å². The van der Waals surface area contributed by atoms with E-state index in [2.05, 4.69) is 4.99 Å². The molecule has 0 heterocycles. The molecule has 0 aliphatic heterocycles. The van der Waals surface area contributed by atoms with E-state index in [1.54, 1.807) is 6.08 Å². The average molecular weight is 199 g/mol. The first-order valence-corrected chi connectivity index (χ1v) is 6.87. The molecule has 3 heteroatoms. The van der Waals surface area contributed by atoms with Gasteiger partial charge < -0.3 is 0 Å². The van der Waals surface area contributed by atoms with Crippen LogP contribution in [0.1, 0.15) is 44.9 Å². The lowest BCUT2D eigenvalue weighted by molar-refractivity contribution is 0.559. The summed E-state index contributed by atoms with van der Waals surface area (Å²) < 4.78 is 0. The van der Waals surface area contributed by atoms with Gasteiger partial charge in [-0.1, -0.05) is 44.6 Å². The van der Waals surface area contributed by atoms with Crippen molar-refractivity contribution in [2.45, 2.75) is 51.0 Å². The Morgan fingerprint density at radius 3 is 2.00 bits per heavy atom. The van der Waals surface area contributed by atoms with Crippen LogP contribution < -0.4 is 0 Å². The van der Waals surface area contributed by atoms with Gasteiger partial charge in [0.25, 0.3) is 0 Å². The van der Waals surface area contributed by atoms with Gasteiger partial charge in [0.15, 0.2) is 0 Å². The van der Waals surface area contributed by atoms with Crippen LogP contribution in [0, 0.1) is 0 Å². The molecule has 13 heavy (non-hydrogen) atoms. The van der Waals surface area contributed by atoms with Gasteiger partial charge in [-0.15, -0.1) is 0 Å². The second-order valence-corrected chi connectivity index (χ2v) is 4.45. The maximum Gasteiger partial charge on any atom is 0.234 e. The van der Waals surface area contributed by atoms with Crippen LogP contribution >= 0.6 is 0 Å². The molecular formula is C10H21NOSi. The number of nitrogens with zero attached hydrogens (tertiary/aromatic N) is 1. The lowest BCUT2D eigenvalue weighted by atomic mass is 10.1. The van der Waals surface area contributed by atoms with Crippen LogP contribution in [0.25, 0.3) is 0 Å². The lowest BCUT2D eigenvalue weighted by Gasteiger charge is -1.98. The Kier molecular flexibility index (Phi) is 11.2. The molecule has 2 nitrogen and oxygen atoms in total. The molecule has 0 aromatic carbocycles. The number of hydrogen-bond donors (Lipinski definition) is 0. The first-order valence-electron chi connectivity index (χ1n) is 5.45. The van der Waals surface area contributed by atoms with E-state index in [1.165, 1.54) is 54.8 Å². The smallest absolute Gasteiger partial charge is 0.211 e. The minimum Gasteiger partial charge on any atom is -0.211 e. The van der Waals surface area contributed by atoms with E-state index in [0.717, 1.165) is 6.42 Å². The largest absolute Gasteiger partial charge is 0.234 e. The van der Waals surface area contributed by atoms with E-state index in [4.69, 9.17) is 0 Å². The molecule has 0 aliphatic rings. The minimum absolute atomic E-state index is 0.671. The molecule has 0 rings (SSSR count). The summed E-state index contributed by atoms with van der Waals surface area (Å²) >= 11 is 0. The molecular weight excluding hydrogens is 178 g/mol. The van der Waals surface area contributed by atoms with Gasteiger partial charge in [-0.3, -0.25) is 0 Å². The zero-order valence-electron chi connectivity index (χ0n) is 8.72. The van der Waals surface area contributed by atoms with Crippen LogP contribution in [0.5, 0.6) is 0 Å². The standard InChI is InChI=1S/C10H21NOSi/c12-10-11-8-6-4-2-1-3-5-7-9-13/h1-9H2,13H3. The third-order valence-corrected chi connectivity index (χ3v) is 2.90. The molecule has 0 unspecified atom stereocenters. The van der Waals surface area contributed by atoms with Gasteiger partial charge >= 0.3 is 0 Å². The Morgan fingerprint density at radius 1 is 0.923 bits per heavy atom. The van der Waals surface area contributed by atoms with Crippen molar-refractivity contribution in [1.29, 1.82) is 0 Å². The Labute approximate surface area is 84.3 Å². The van der Waals surface area contributed by atoms with Crippen molar-refractivity contribution < 1.29 is 4.79 Å².